The highest BCUT2D eigenvalue weighted by Crippen LogP contribution is 2.17. The van der Waals surface area contributed by atoms with Crippen molar-refractivity contribution in [3.63, 3.8) is 0 Å². The van der Waals surface area contributed by atoms with E-state index < -0.39 is 0 Å². The molecule has 5 nitrogen and oxygen atoms in total. The summed E-state index contributed by atoms with van der Waals surface area (Å²) in [5.41, 5.74) is 0.997. The number of guanidine groups is 1. The van der Waals surface area contributed by atoms with E-state index in [2.05, 4.69) is 43.1 Å². The second kappa shape index (κ2) is 7.48. The van der Waals surface area contributed by atoms with Gasteiger partial charge in [0, 0.05) is 25.7 Å². The molecule has 1 aromatic heterocycles. The molecule has 21 heavy (non-hydrogen) atoms. The van der Waals surface area contributed by atoms with Gasteiger partial charge in [-0.3, -0.25) is 0 Å². The minimum atomic E-state index is 0.391. The van der Waals surface area contributed by atoms with Crippen LogP contribution in [0, 0.1) is 5.92 Å². The Bertz CT molecular complexity index is 467. The smallest absolute Gasteiger partial charge is 0.194 e. The summed E-state index contributed by atoms with van der Waals surface area (Å²) in [4.78, 5) is 7.07. The lowest BCUT2D eigenvalue weighted by Gasteiger charge is -2.33. The summed E-state index contributed by atoms with van der Waals surface area (Å²) in [6.45, 7) is 12.2. The summed E-state index contributed by atoms with van der Waals surface area (Å²) in [6.07, 6.45) is 2.56. The molecule has 1 atom stereocenters. The molecule has 0 aliphatic carbocycles. The number of likely N-dealkylation sites (tertiary alicyclic amines) is 1. The van der Waals surface area contributed by atoms with Crippen molar-refractivity contribution in [1.29, 1.82) is 0 Å². The molecule has 0 radical (unpaired) electrons. The van der Waals surface area contributed by atoms with E-state index in [-0.39, 0.29) is 0 Å². The summed E-state index contributed by atoms with van der Waals surface area (Å²) in [7, 11) is 0. The molecule has 1 N–H and O–H groups in total. The zero-order valence-corrected chi connectivity index (χ0v) is 13.7. The Hall–Kier alpha value is -1.52. The molecule has 0 spiro atoms. The van der Waals surface area contributed by atoms with E-state index in [4.69, 9.17) is 9.52 Å². The van der Waals surface area contributed by atoms with Gasteiger partial charge in [-0.05, 0) is 31.6 Å². The van der Waals surface area contributed by atoms with Crippen molar-refractivity contribution in [1.82, 2.24) is 15.4 Å². The van der Waals surface area contributed by atoms with Crippen molar-refractivity contribution in [2.24, 2.45) is 10.9 Å². The van der Waals surface area contributed by atoms with Crippen molar-refractivity contribution in [3.8, 4) is 0 Å². The zero-order chi connectivity index (χ0) is 15.2. The van der Waals surface area contributed by atoms with Crippen LogP contribution in [0.3, 0.4) is 0 Å². The van der Waals surface area contributed by atoms with E-state index in [1.54, 1.807) is 0 Å². The predicted octanol–water partition coefficient (Wildman–Crippen LogP) is 3.00. The lowest BCUT2D eigenvalue weighted by atomic mass is 10.0. The largest absolute Gasteiger partial charge is 0.359 e. The van der Waals surface area contributed by atoms with Crippen LogP contribution in [0.2, 0.25) is 0 Å². The van der Waals surface area contributed by atoms with Crippen LogP contribution in [-0.4, -0.2) is 35.7 Å². The average Bonchev–Trinajstić information content (AvgIpc) is 2.92. The Morgan fingerprint density at radius 2 is 2.38 bits per heavy atom. The molecule has 118 valence electrons. The first-order valence-corrected chi connectivity index (χ1v) is 8.08. The minimum absolute atomic E-state index is 0.391. The fraction of sp³-hybridized carbons (Fsp3) is 0.750. The molecule has 2 heterocycles. The first kappa shape index (κ1) is 15.9. The van der Waals surface area contributed by atoms with Gasteiger partial charge in [-0.25, -0.2) is 4.99 Å². The van der Waals surface area contributed by atoms with Gasteiger partial charge in [0.1, 0.15) is 6.54 Å². The van der Waals surface area contributed by atoms with Crippen LogP contribution in [0.15, 0.2) is 15.6 Å². The Balaban J connectivity index is 2.02. The van der Waals surface area contributed by atoms with E-state index in [1.807, 2.05) is 6.07 Å². The normalized spacial score (nSPS) is 20.1. The molecule has 1 saturated heterocycles. The molecule has 0 bridgehead atoms. The fourth-order valence-electron chi connectivity index (χ4n) is 2.64. The lowest BCUT2D eigenvalue weighted by Crippen LogP contribution is -2.46. The summed E-state index contributed by atoms with van der Waals surface area (Å²) in [6, 6.07) is 2.01. The Labute approximate surface area is 127 Å². The van der Waals surface area contributed by atoms with Gasteiger partial charge in [0.15, 0.2) is 11.7 Å². The van der Waals surface area contributed by atoms with Crippen LogP contribution in [0.1, 0.15) is 57.9 Å². The van der Waals surface area contributed by atoms with Crippen LogP contribution in [0.5, 0.6) is 0 Å². The third-order valence-electron chi connectivity index (χ3n) is 3.84. The zero-order valence-electron chi connectivity index (χ0n) is 13.7. The molecular weight excluding hydrogens is 264 g/mol. The van der Waals surface area contributed by atoms with Crippen molar-refractivity contribution < 1.29 is 4.52 Å². The van der Waals surface area contributed by atoms with Gasteiger partial charge in [0.05, 0.1) is 5.69 Å². The summed E-state index contributed by atoms with van der Waals surface area (Å²) >= 11 is 0. The highest BCUT2D eigenvalue weighted by atomic mass is 16.5. The number of piperidine rings is 1. The number of nitrogens with one attached hydrogen (secondary N) is 1. The molecule has 0 saturated carbocycles. The second-order valence-corrected chi connectivity index (χ2v) is 6.24. The molecule has 1 aliphatic heterocycles. The number of rotatable bonds is 4. The number of aliphatic imine (C=N–C) groups is 1. The third kappa shape index (κ3) is 4.48. The van der Waals surface area contributed by atoms with E-state index in [0.717, 1.165) is 43.0 Å². The monoisotopic (exact) mass is 292 g/mol. The maximum absolute atomic E-state index is 5.36. The molecule has 5 heteroatoms. The summed E-state index contributed by atoms with van der Waals surface area (Å²) in [5.74, 6) is 2.95. The van der Waals surface area contributed by atoms with Gasteiger partial charge in [-0.1, -0.05) is 25.9 Å². The number of aromatic nitrogens is 1. The molecule has 0 amide bonds. The number of hydrogen-bond acceptors (Lipinski definition) is 3. The average molecular weight is 292 g/mol. The quantitative estimate of drug-likeness (QED) is 0.684. The molecule has 1 unspecified atom stereocenters. The molecule has 0 aromatic carbocycles. The molecule has 2 rings (SSSR count). The molecular formula is C16H28N4O. The van der Waals surface area contributed by atoms with Gasteiger partial charge < -0.3 is 14.7 Å². The van der Waals surface area contributed by atoms with E-state index >= 15 is 0 Å². The van der Waals surface area contributed by atoms with Gasteiger partial charge in [-0.2, -0.15) is 0 Å². The van der Waals surface area contributed by atoms with E-state index in [0.29, 0.717) is 12.5 Å². The van der Waals surface area contributed by atoms with Crippen LogP contribution in [0.4, 0.5) is 0 Å². The van der Waals surface area contributed by atoms with E-state index in [9.17, 15) is 0 Å². The topological polar surface area (TPSA) is 53.7 Å². The maximum atomic E-state index is 5.36. The first-order chi connectivity index (χ1) is 10.1. The van der Waals surface area contributed by atoms with Gasteiger partial charge >= 0.3 is 0 Å². The Kier molecular flexibility index (Phi) is 5.65. The maximum Gasteiger partial charge on any atom is 0.194 e. The first-order valence-electron chi connectivity index (χ1n) is 8.08. The van der Waals surface area contributed by atoms with Crippen molar-refractivity contribution in [2.75, 3.05) is 19.6 Å². The summed E-state index contributed by atoms with van der Waals surface area (Å²) < 4.78 is 5.36. The van der Waals surface area contributed by atoms with Crippen molar-refractivity contribution >= 4 is 5.96 Å². The Morgan fingerprint density at radius 3 is 3.00 bits per heavy atom. The third-order valence-corrected chi connectivity index (χ3v) is 3.84. The Morgan fingerprint density at radius 1 is 1.57 bits per heavy atom. The predicted molar refractivity (Wildman–Crippen MR) is 85.4 cm³/mol. The fourth-order valence-corrected chi connectivity index (χ4v) is 2.64. The molecule has 1 aliphatic rings. The lowest BCUT2D eigenvalue weighted by molar-refractivity contribution is 0.265. The van der Waals surface area contributed by atoms with Gasteiger partial charge in [-0.15, -0.1) is 0 Å². The van der Waals surface area contributed by atoms with Crippen LogP contribution in [0.25, 0.3) is 0 Å². The minimum Gasteiger partial charge on any atom is -0.359 e. The second-order valence-electron chi connectivity index (χ2n) is 6.24. The standard InChI is InChI=1S/C16H28N4O/c1-5-17-16(20-8-6-7-13(4)11-20)18-10-14-9-15(12(2)3)19-21-14/h9,12-13H,5-8,10-11H2,1-4H3,(H,17,18). The molecule has 1 fully saturated rings. The van der Waals surface area contributed by atoms with E-state index in [1.165, 1.54) is 12.8 Å². The van der Waals surface area contributed by atoms with Crippen molar-refractivity contribution in [3.05, 3.63) is 17.5 Å². The van der Waals surface area contributed by atoms with Crippen LogP contribution >= 0.6 is 0 Å². The number of nitrogens with zero attached hydrogens (tertiary/aromatic N) is 3. The summed E-state index contributed by atoms with van der Waals surface area (Å²) in [5, 5.41) is 7.47. The molecule has 1 aromatic rings. The SMILES string of the molecule is CCNC(=NCc1cc(C(C)C)no1)N1CCCC(C)C1. The van der Waals surface area contributed by atoms with Crippen LogP contribution in [-0.2, 0) is 6.54 Å². The van der Waals surface area contributed by atoms with Crippen molar-refractivity contribution in [2.45, 2.75) is 53.0 Å². The van der Waals surface area contributed by atoms with Gasteiger partial charge in [0.25, 0.3) is 0 Å². The van der Waals surface area contributed by atoms with Crippen LogP contribution < -0.4 is 5.32 Å². The van der Waals surface area contributed by atoms with Gasteiger partial charge in [0.2, 0.25) is 0 Å². The highest BCUT2D eigenvalue weighted by Gasteiger charge is 2.19. The highest BCUT2D eigenvalue weighted by molar-refractivity contribution is 5.80. The number of hydrogen-bond donors (Lipinski definition) is 1.